The molecule has 1 aliphatic heterocycles. The number of alkyl halides is 3. The molecule has 0 radical (unpaired) electrons. The van der Waals surface area contributed by atoms with E-state index in [0.717, 1.165) is 12.0 Å². The summed E-state index contributed by atoms with van der Waals surface area (Å²) in [4.78, 5) is 27.5. The Morgan fingerprint density at radius 3 is 2.81 bits per heavy atom. The molecule has 1 N–H and O–H groups in total. The minimum absolute atomic E-state index is 0.110. The number of nitrogens with one attached hydrogen (secondary N) is 1. The highest BCUT2D eigenvalue weighted by Gasteiger charge is 2.43. The third kappa shape index (κ3) is 3.90. The van der Waals surface area contributed by atoms with Crippen molar-refractivity contribution in [2.24, 2.45) is 0 Å². The van der Waals surface area contributed by atoms with E-state index >= 15 is 0 Å². The Morgan fingerprint density at radius 2 is 2.15 bits per heavy atom. The lowest BCUT2D eigenvalue weighted by atomic mass is 10.1. The molecule has 1 aliphatic rings. The van der Waals surface area contributed by atoms with Crippen molar-refractivity contribution in [1.29, 1.82) is 0 Å². The molecule has 0 bridgehead atoms. The van der Waals surface area contributed by atoms with Crippen LogP contribution in [-0.2, 0) is 16.1 Å². The Hall–Kier alpha value is -2.35. The highest BCUT2D eigenvalue weighted by atomic mass is 19.4. The second-order valence-corrected chi connectivity index (χ2v) is 6.48. The van der Waals surface area contributed by atoms with Gasteiger partial charge in [0.2, 0.25) is 0 Å². The van der Waals surface area contributed by atoms with E-state index in [0.29, 0.717) is 28.8 Å². The Kier molecular flexibility index (Phi) is 5.04. The first-order valence-electron chi connectivity index (χ1n) is 8.35. The number of fused-ring (bicyclic) bond motifs is 1. The van der Waals surface area contributed by atoms with Crippen molar-refractivity contribution in [2.75, 3.05) is 13.2 Å². The Balaban J connectivity index is 1.92. The van der Waals surface area contributed by atoms with Gasteiger partial charge in [0.1, 0.15) is 0 Å². The molecular weight excluding hydrogens is 349 g/mol. The summed E-state index contributed by atoms with van der Waals surface area (Å²) < 4.78 is 44.2. The molecule has 0 aliphatic carbocycles. The van der Waals surface area contributed by atoms with Crippen molar-refractivity contribution in [3.8, 4) is 0 Å². The number of aromatic amines is 1. The molecule has 1 atom stereocenters. The van der Waals surface area contributed by atoms with Gasteiger partial charge in [0.15, 0.2) is 0 Å². The van der Waals surface area contributed by atoms with E-state index in [2.05, 4.69) is 4.98 Å². The van der Waals surface area contributed by atoms with E-state index in [4.69, 9.17) is 4.74 Å². The Morgan fingerprint density at radius 1 is 1.38 bits per heavy atom. The number of aryl methyl sites for hydroxylation is 1. The lowest BCUT2D eigenvalue weighted by Crippen LogP contribution is -2.45. The number of halogens is 3. The van der Waals surface area contributed by atoms with Gasteiger partial charge in [-0.05, 0) is 36.8 Å². The van der Waals surface area contributed by atoms with Crippen LogP contribution in [0.15, 0.2) is 29.1 Å². The number of nitrogens with zero attached hydrogens (tertiary/aromatic N) is 1. The van der Waals surface area contributed by atoms with E-state index < -0.39 is 30.3 Å². The summed E-state index contributed by atoms with van der Waals surface area (Å²) in [5, 5.41) is 0.705. The van der Waals surface area contributed by atoms with Crippen molar-refractivity contribution < 1.29 is 22.7 Å². The molecule has 0 unspecified atom stereocenters. The van der Waals surface area contributed by atoms with Crippen molar-refractivity contribution in [2.45, 2.75) is 38.6 Å². The van der Waals surface area contributed by atoms with Gasteiger partial charge in [-0.3, -0.25) is 9.59 Å². The highest BCUT2D eigenvalue weighted by molar-refractivity contribution is 5.83. The summed E-state index contributed by atoms with van der Waals surface area (Å²) >= 11 is 0. The minimum Gasteiger partial charge on any atom is -0.376 e. The molecule has 2 heterocycles. The predicted molar refractivity (Wildman–Crippen MR) is 89.8 cm³/mol. The van der Waals surface area contributed by atoms with Gasteiger partial charge in [0, 0.05) is 18.7 Å². The maximum absolute atomic E-state index is 13.0. The zero-order valence-corrected chi connectivity index (χ0v) is 14.2. The molecule has 1 amide bonds. The number of H-pyrrole nitrogens is 1. The third-order valence-electron chi connectivity index (χ3n) is 4.50. The largest absolute Gasteiger partial charge is 0.471 e. The van der Waals surface area contributed by atoms with E-state index in [1.165, 1.54) is 6.07 Å². The number of para-hydroxylation sites is 1. The molecule has 1 saturated heterocycles. The van der Waals surface area contributed by atoms with E-state index in [-0.39, 0.29) is 12.1 Å². The number of aromatic nitrogens is 1. The van der Waals surface area contributed by atoms with Crippen LogP contribution in [0.4, 0.5) is 13.2 Å². The van der Waals surface area contributed by atoms with Crippen LogP contribution in [0.25, 0.3) is 10.9 Å². The zero-order valence-electron chi connectivity index (χ0n) is 14.2. The van der Waals surface area contributed by atoms with Crippen molar-refractivity contribution in [3.63, 3.8) is 0 Å². The molecule has 3 rings (SSSR count). The first-order chi connectivity index (χ1) is 12.3. The predicted octanol–water partition coefficient (Wildman–Crippen LogP) is 2.91. The van der Waals surface area contributed by atoms with Crippen LogP contribution in [0.2, 0.25) is 0 Å². The summed E-state index contributed by atoms with van der Waals surface area (Å²) in [6.45, 7) is 1.68. The topological polar surface area (TPSA) is 62.4 Å². The second-order valence-electron chi connectivity index (χ2n) is 6.48. The average molecular weight is 368 g/mol. The number of pyridine rings is 1. The minimum atomic E-state index is -5.00. The van der Waals surface area contributed by atoms with Gasteiger partial charge < -0.3 is 14.6 Å². The van der Waals surface area contributed by atoms with E-state index in [1.807, 2.05) is 13.0 Å². The van der Waals surface area contributed by atoms with Crippen molar-refractivity contribution in [3.05, 3.63) is 45.7 Å². The monoisotopic (exact) mass is 368 g/mol. The third-order valence-corrected chi connectivity index (χ3v) is 4.50. The van der Waals surface area contributed by atoms with Crippen LogP contribution in [0.3, 0.4) is 0 Å². The Labute approximate surface area is 147 Å². The first-order valence-corrected chi connectivity index (χ1v) is 8.35. The summed E-state index contributed by atoms with van der Waals surface area (Å²) in [5.74, 6) is -1.96. The smallest absolute Gasteiger partial charge is 0.376 e. The number of carbonyl (C=O) groups excluding carboxylic acids is 1. The zero-order chi connectivity index (χ0) is 18.9. The molecule has 1 aromatic heterocycles. The fraction of sp³-hybridized carbons (Fsp3) is 0.444. The molecule has 1 aromatic carbocycles. The van der Waals surface area contributed by atoms with Gasteiger partial charge in [0.05, 0.1) is 18.2 Å². The van der Waals surface area contributed by atoms with E-state index in [1.54, 1.807) is 12.1 Å². The fourth-order valence-electron chi connectivity index (χ4n) is 3.18. The summed E-state index contributed by atoms with van der Waals surface area (Å²) in [5.41, 5.74) is 1.10. The summed E-state index contributed by atoms with van der Waals surface area (Å²) in [7, 11) is 0. The van der Waals surface area contributed by atoms with Crippen LogP contribution in [-0.4, -0.2) is 41.2 Å². The fourth-order valence-corrected chi connectivity index (χ4v) is 3.18. The van der Waals surface area contributed by atoms with Gasteiger partial charge in [-0.15, -0.1) is 0 Å². The SMILES string of the molecule is Cc1cccc2cc(CN(C[C@H]3CCCO3)C(=O)C(F)(F)F)c(=O)[nH]c12. The number of carbonyl (C=O) groups is 1. The van der Waals surface area contributed by atoms with Gasteiger partial charge >= 0.3 is 12.1 Å². The van der Waals surface area contributed by atoms with Gasteiger partial charge in [-0.1, -0.05) is 18.2 Å². The van der Waals surface area contributed by atoms with Crippen molar-refractivity contribution >= 4 is 16.8 Å². The summed E-state index contributed by atoms with van der Waals surface area (Å²) in [6.07, 6.45) is -4.11. The van der Waals surface area contributed by atoms with Gasteiger partial charge in [-0.2, -0.15) is 13.2 Å². The van der Waals surface area contributed by atoms with Crippen molar-refractivity contribution in [1.82, 2.24) is 9.88 Å². The Bertz CT molecular complexity index is 870. The molecular formula is C18H19F3N2O3. The first kappa shape index (κ1) is 18.4. The molecule has 2 aromatic rings. The standard InChI is InChI=1S/C18H19F3N2O3/c1-11-4-2-5-12-8-13(16(24)22-15(11)12)9-23(17(25)18(19,20)21)10-14-6-3-7-26-14/h2,4-5,8,14H,3,6-7,9-10H2,1H3,(H,22,24)/t14-/m1/s1. The number of rotatable bonds is 4. The molecule has 26 heavy (non-hydrogen) atoms. The number of benzene rings is 1. The van der Waals surface area contributed by atoms with Gasteiger partial charge in [0.25, 0.3) is 5.56 Å². The van der Waals surface area contributed by atoms with Crippen LogP contribution in [0.1, 0.15) is 24.0 Å². The molecule has 140 valence electrons. The molecule has 5 nitrogen and oxygen atoms in total. The number of ether oxygens (including phenoxy) is 1. The lowest BCUT2D eigenvalue weighted by molar-refractivity contribution is -0.187. The molecule has 8 heteroatoms. The quantitative estimate of drug-likeness (QED) is 0.903. The number of hydrogen-bond acceptors (Lipinski definition) is 3. The average Bonchev–Trinajstić information content (AvgIpc) is 3.07. The van der Waals surface area contributed by atoms with E-state index in [9.17, 15) is 22.8 Å². The maximum atomic E-state index is 13.0. The molecule has 0 spiro atoms. The lowest BCUT2D eigenvalue weighted by Gasteiger charge is -2.26. The normalized spacial score (nSPS) is 17.6. The van der Waals surface area contributed by atoms with Crippen LogP contribution < -0.4 is 5.56 Å². The van der Waals surface area contributed by atoms with Crippen LogP contribution in [0, 0.1) is 6.92 Å². The number of amides is 1. The summed E-state index contributed by atoms with van der Waals surface area (Å²) in [6, 6.07) is 6.92. The molecule has 1 fully saturated rings. The van der Waals surface area contributed by atoms with Crippen LogP contribution in [0.5, 0.6) is 0 Å². The van der Waals surface area contributed by atoms with Gasteiger partial charge in [-0.25, -0.2) is 0 Å². The second kappa shape index (κ2) is 7.11. The van der Waals surface area contributed by atoms with Crippen LogP contribution >= 0.6 is 0 Å². The highest BCUT2D eigenvalue weighted by Crippen LogP contribution is 2.23. The number of hydrogen-bond donors (Lipinski definition) is 1. The maximum Gasteiger partial charge on any atom is 0.471 e. The molecule has 0 saturated carbocycles.